The number of aryl methyl sites for hydroxylation is 2. The molecule has 2 aromatic heterocycles. The number of aromatic nitrogens is 1. The summed E-state index contributed by atoms with van der Waals surface area (Å²) in [4.78, 5) is 26.3. The maximum atomic E-state index is 12.0. The summed E-state index contributed by atoms with van der Waals surface area (Å²) < 4.78 is 6.65. The number of amides is 1. The van der Waals surface area contributed by atoms with Crippen LogP contribution in [0.25, 0.3) is 11.1 Å². The number of fused-ring (bicyclic) bond motifs is 1. The molecular weight excluding hydrogens is 312 g/mol. The van der Waals surface area contributed by atoms with Gasteiger partial charge in [0.1, 0.15) is 0 Å². The van der Waals surface area contributed by atoms with Gasteiger partial charge in [0.15, 0.2) is 5.58 Å². The van der Waals surface area contributed by atoms with E-state index in [1.54, 1.807) is 17.4 Å². The number of thiophene rings is 1. The van der Waals surface area contributed by atoms with Gasteiger partial charge in [0.2, 0.25) is 5.91 Å². The molecule has 120 valence electrons. The van der Waals surface area contributed by atoms with E-state index >= 15 is 0 Å². The number of carbonyl (C=O) groups is 1. The normalized spacial score (nSPS) is 11.0. The summed E-state index contributed by atoms with van der Waals surface area (Å²) in [6.45, 7) is 2.96. The van der Waals surface area contributed by atoms with Crippen molar-refractivity contribution >= 4 is 28.3 Å². The lowest BCUT2D eigenvalue weighted by atomic mass is 10.3. The van der Waals surface area contributed by atoms with Crippen LogP contribution in [0.1, 0.15) is 23.1 Å². The summed E-state index contributed by atoms with van der Waals surface area (Å²) >= 11 is 1.71. The van der Waals surface area contributed by atoms with Crippen LogP contribution in [0.4, 0.5) is 0 Å². The molecule has 0 aliphatic heterocycles. The summed E-state index contributed by atoms with van der Waals surface area (Å²) in [6.07, 6.45) is 1.25. The van der Waals surface area contributed by atoms with Crippen molar-refractivity contribution in [2.75, 3.05) is 0 Å². The molecule has 3 aromatic rings. The average molecular weight is 330 g/mol. The van der Waals surface area contributed by atoms with E-state index in [1.165, 1.54) is 9.44 Å². The van der Waals surface area contributed by atoms with Gasteiger partial charge in [-0.15, -0.1) is 11.3 Å². The first-order valence-corrected chi connectivity index (χ1v) is 8.41. The van der Waals surface area contributed by atoms with E-state index in [-0.39, 0.29) is 12.3 Å². The van der Waals surface area contributed by atoms with Gasteiger partial charge in [-0.1, -0.05) is 19.1 Å². The topological polar surface area (TPSA) is 64.2 Å². The zero-order valence-electron chi connectivity index (χ0n) is 12.9. The monoisotopic (exact) mass is 330 g/mol. The molecule has 0 unspecified atom stereocenters. The van der Waals surface area contributed by atoms with E-state index < -0.39 is 5.76 Å². The second-order valence-corrected chi connectivity index (χ2v) is 6.49. The molecule has 0 fully saturated rings. The van der Waals surface area contributed by atoms with Gasteiger partial charge >= 0.3 is 5.76 Å². The highest BCUT2D eigenvalue weighted by Gasteiger charge is 2.10. The molecule has 1 aromatic carbocycles. The molecule has 2 heterocycles. The highest BCUT2D eigenvalue weighted by molar-refractivity contribution is 7.11. The van der Waals surface area contributed by atoms with Crippen LogP contribution in [-0.2, 0) is 24.3 Å². The smallest absolute Gasteiger partial charge is 0.408 e. The molecule has 1 amide bonds. The van der Waals surface area contributed by atoms with Crippen molar-refractivity contribution in [1.82, 2.24) is 9.88 Å². The highest BCUT2D eigenvalue weighted by atomic mass is 32.1. The number of hydrogen-bond donors (Lipinski definition) is 1. The fourth-order valence-corrected chi connectivity index (χ4v) is 3.32. The minimum Gasteiger partial charge on any atom is -0.408 e. The Kier molecular flexibility index (Phi) is 4.62. The van der Waals surface area contributed by atoms with Crippen molar-refractivity contribution in [3.63, 3.8) is 0 Å². The first-order chi connectivity index (χ1) is 11.2. The zero-order chi connectivity index (χ0) is 16.2. The van der Waals surface area contributed by atoms with Gasteiger partial charge < -0.3 is 9.73 Å². The van der Waals surface area contributed by atoms with Gasteiger partial charge in [-0.05, 0) is 30.7 Å². The number of carbonyl (C=O) groups excluding carboxylic acids is 1. The number of hydrogen-bond acceptors (Lipinski definition) is 4. The largest absolute Gasteiger partial charge is 0.419 e. The molecule has 0 bridgehead atoms. The molecule has 0 aliphatic rings. The second-order valence-electron chi connectivity index (χ2n) is 5.24. The Hall–Kier alpha value is -2.34. The fraction of sp³-hybridized carbons (Fsp3) is 0.294. The Balaban J connectivity index is 1.58. The molecule has 1 N–H and O–H groups in total. The zero-order valence-corrected chi connectivity index (χ0v) is 13.7. The summed E-state index contributed by atoms with van der Waals surface area (Å²) in [5, 5.41) is 2.89. The van der Waals surface area contributed by atoms with Crippen molar-refractivity contribution in [1.29, 1.82) is 0 Å². The number of para-hydroxylation sites is 2. The Labute approximate surface area is 137 Å². The first kappa shape index (κ1) is 15.6. The lowest BCUT2D eigenvalue weighted by molar-refractivity contribution is -0.121. The SMILES string of the molecule is CCc1ccc(CNC(=O)CCn2c(=O)oc3ccccc32)s1. The molecule has 0 saturated heterocycles. The third kappa shape index (κ3) is 3.53. The van der Waals surface area contributed by atoms with E-state index in [2.05, 4.69) is 18.3 Å². The third-order valence-corrected chi connectivity index (χ3v) is 4.89. The third-order valence-electron chi connectivity index (χ3n) is 3.66. The Morgan fingerprint density at radius 3 is 2.78 bits per heavy atom. The van der Waals surface area contributed by atoms with Gasteiger partial charge in [0.05, 0.1) is 12.1 Å². The van der Waals surface area contributed by atoms with Crippen LogP contribution in [0.15, 0.2) is 45.6 Å². The van der Waals surface area contributed by atoms with Crippen LogP contribution in [0.5, 0.6) is 0 Å². The van der Waals surface area contributed by atoms with Crippen LogP contribution < -0.4 is 11.1 Å². The van der Waals surface area contributed by atoms with Crippen molar-refractivity contribution in [3.05, 3.63) is 56.7 Å². The van der Waals surface area contributed by atoms with Gasteiger partial charge in [0, 0.05) is 22.7 Å². The van der Waals surface area contributed by atoms with Gasteiger partial charge in [-0.2, -0.15) is 0 Å². The van der Waals surface area contributed by atoms with E-state index in [9.17, 15) is 9.59 Å². The summed E-state index contributed by atoms with van der Waals surface area (Å²) in [7, 11) is 0. The maximum absolute atomic E-state index is 12.0. The Morgan fingerprint density at radius 1 is 1.22 bits per heavy atom. The Morgan fingerprint density at radius 2 is 2.00 bits per heavy atom. The maximum Gasteiger partial charge on any atom is 0.419 e. The van der Waals surface area contributed by atoms with Crippen LogP contribution >= 0.6 is 11.3 Å². The molecular formula is C17H18N2O3S. The Bertz CT molecular complexity index is 875. The lowest BCUT2D eigenvalue weighted by Gasteiger charge is -2.04. The van der Waals surface area contributed by atoms with Crippen LogP contribution in [0, 0.1) is 0 Å². The minimum atomic E-state index is -0.426. The quantitative estimate of drug-likeness (QED) is 0.756. The van der Waals surface area contributed by atoms with E-state index in [4.69, 9.17) is 4.42 Å². The van der Waals surface area contributed by atoms with Crippen molar-refractivity contribution in [2.45, 2.75) is 32.9 Å². The van der Waals surface area contributed by atoms with Gasteiger partial charge in [0.25, 0.3) is 0 Å². The van der Waals surface area contributed by atoms with Crippen LogP contribution in [-0.4, -0.2) is 10.5 Å². The predicted octanol–water partition coefficient (Wildman–Crippen LogP) is 2.92. The lowest BCUT2D eigenvalue weighted by Crippen LogP contribution is -2.25. The van der Waals surface area contributed by atoms with E-state index in [1.807, 2.05) is 24.3 Å². The average Bonchev–Trinajstić information content (AvgIpc) is 3.14. The molecule has 0 saturated carbocycles. The molecule has 3 rings (SSSR count). The molecule has 0 radical (unpaired) electrons. The van der Waals surface area contributed by atoms with Crippen LogP contribution in [0.2, 0.25) is 0 Å². The molecule has 23 heavy (non-hydrogen) atoms. The number of benzene rings is 1. The molecule has 0 atom stereocenters. The highest BCUT2D eigenvalue weighted by Crippen LogP contribution is 2.16. The number of nitrogens with zero attached hydrogens (tertiary/aromatic N) is 1. The van der Waals surface area contributed by atoms with Crippen LogP contribution in [0.3, 0.4) is 0 Å². The van der Waals surface area contributed by atoms with Crippen molar-refractivity contribution in [3.8, 4) is 0 Å². The van der Waals surface area contributed by atoms with E-state index in [0.29, 0.717) is 18.7 Å². The second kappa shape index (κ2) is 6.83. The molecule has 0 aliphatic carbocycles. The summed E-state index contributed by atoms with van der Waals surface area (Å²) in [6, 6.07) is 11.3. The molecule has 6 heteroatoms. The number of rotatable bonds is 6. The van der Waals surface area contributed by atoms with Crippen molar-refractivity contribution < 1.29 is 9.21 Å². The van der Waals surface area contributed by atoms with E-state index in [0.717, 1.165) is 16.8 Å². The van der Waals surface area contributed by atoms with Crippen molar-refractivity contribution in [2.24, 2.45) is 0 Å². The predicted molar refractivity (Wildman–Crippen MR) is 90.6 cm³/mol. The van der Waals surface area contributed by atoms with Gasteiger partial charge in [-0.3, -0.25) is 9.36 Å². The molecule has 0 spiro atoms. The minimum absolute atomic E-state index is 0.0753. The summed E-state index contributed by atoms with van der Waals surface area (Å²) in [5.41, 5.74) is 1.26. The molecule has 5 nitrogen and oxygen atoms in total. The number of nitrogens with one attached hydrogen (secondary N) is 1. The standard InChI is InChI=1S/C17H18N2O3S/c1-2-12-7-8-13(23-12)11-18-16(20)9-10-19-14-5-3-4-6-15(14)22-17(19)21/h3-8H,2,9-11H2,1H3,(H,18,20). The fourth-order valence-electron chi connectivity index (χ4n) is 2.42. The number of oxazole rings is 1. The summed E-state index contributed by atoms with van der Waals surface area (Å²) in [5.74, 6) is -0.501. The van der Waals surface area contributed by atoms with Gasteiger partial charge in [-0.25, -0.2) is 4.79 Å². The first-order valence-electron chi connectivity index (χ1n) is 7.60.